The number of amides is 3. The van der Waals surface area contributed by atoms with Gasteiger partial charge in [0.25, 0.3) is 0 Å². The minimum atomic E-state index is -1.02. The Balaban J connectivity index is 1.66. The number of nitrogens with one attached hydrogen (secondary N) is 2. The van der Waals surface area contributed by atoms with E-state index in [2.05, 4.69) is 46.6 Å². The number of aromatic nitrogens is 3. The SMILES string of the molecule is CC(C)N1C[C@H]2C[C@H]1C(=O)N1C[C@@H](n3cc(C(C)(C)C)nn3)C[C@H]1C(=O)N[C@@H](C)[C@@H](O)CC(=O)N2. The molecule has 4 heterocycles. The van der Waals surface area contributed by atoms with E-state index in [4.69, 9.17) is 0 Å². The molecule has 11 heteroatoms. The van der Waals surface area contributed by atoms with Crippen molar-refractivity contribution in [2.45, 2.75) is 109 Å². The number of nitrogens with zero attached hydrogens (tertiary/aromatic N) is 5. The van der Waals surface area contributed by atoms with Crippen LogP contribution in [0.1, 0.15) is 72.5 Å². The maximum Gasteiger partial charge on any atom is 0.243 e. The van der Waals surface area contributed by atoms with E-state index in [9.17, 15) is 19.5 Å². The zero-order chi connectivity index (χ0) is 25.7. The third kappa shape index (κ3) is 5.20. The first kappa shape index (κ1) is 25.6. The van der Waals surface area contributed by atoms with Gasteiger partial charge < -0.3 is 20.6 Å². The molecular weight excluding hydrogens is 450 g/mol. The highest BCUT2D eigenvalue weighted by Gasteiger charge is 2.47. The molecular formula is C24H39N7O4. The molecule has 3 aliphatic heterocycles. The summed E-state index contributed by atoms with van der Waals surface area (Å²) in [6.07, 6.45) is 1.65. The number of fused-ring (bicyclic) bond motifs is 3. The quantitative estimate of drug-likeness (QED) is 0.531. The van der Waals surface area contributed by atoms with E-state index in [1.165, 1.54) is 0 Å². The number of carbonyl (C=O) groups excluding carboxylic acids is 3. The van der Waals surface area contributed by atoms with Gasteiger partial charge in [0.1, 0.15) is 6.04 Å². The molecule has 0 saturated carbocycles. The molecule has 3 N–H and O–H groups in total. The van der Waals surface area contributed by atoms with Crippen LogP contribution in [0.5, 0.6) is 0 Å². The predicted octanol–water partition coefficient (Wildman–Crippen LogP) is -0.0456. The highest BCUT2D eigenvalue weighted by Crippen LogP contribution is 2.32. The van der Waals surface area contributed by atoms with E-state index < -0.39 is 24.2 Å². The summed E-state index contributed by atoms with van der Waals surface area (Å²) in [4.78, 5) is 43.6. The molecule has 0 aromatic carbocycles. The van der Waals surface area contributed by atoms with Gasteiger partial charge in [-0.25, -0.2) is 4.68 Å². The summed E-state index contributed by atoms with van der Waals surface area (Å²) in [6, 6.07) is -2.03. The third-order valence-corrected chi connectivity index (χ3v) is 7.51. The lowest BCUT2D eigenvalue weighted by Gasteiger charge is -2.33. The van der Waals surface area contributed by atoms with Gasteiger partial charge in [0, 0.05) is 43.2 Å². The van der Waals surface area contributed by atoms with Crippen LogP contribution in [-0.2, 0) is 19.8 Å². The second-order valence-corrected chi connectivity index (χ2v) is 11.6. The summed E-state index contributed by atoms with van der Waals surface area (Å²) in [6.45, 7) is 12.8. The summed E-state index contributed by atoms with van der Waals surface area (Å²) in [5.41, 5.74) is 0.686. The van der Waals surface area contributed by atoms with Crippen molar-refractivity contribution in [3.63, 3.8) is 0 Å². The van der Waals surface area contributed by atoms with Gasteiger partial charge in [-0.05, 0) is 27.2 Å². The van der Waals surface area contributed by atoms with Crippen molar-refractivity contribution in [1.29, 1.82) is 0 Å². The standard InChI is InChI=1S/C24H39N7O4/c1-13(2)29-10-15-7-18(29)23(35)30-11-16(31-12-20(27-28-31)24(4,5)6)8-17(30)22(34)25-14(3)19(32)9-21(33)26-15/h12-19,32H,7-11H2,1-6H3,(H,25,34)(H,26,33)/t14-,15+,16-,17-,18-,19-/m0/s1. The van der Waals surface area contributed by atoms with Gasteiger partial charge in [-0.2, -0.15) is 0 Å². The van der Waals surface area contributed by atoms with Gasteiger partial charge in [-0.15, -0.1) is 5.10 Å². The Morgan fingerprint density at radius 1 is 1.09 bits per heavy atom. The molecule has 1 aromatic rings. The number of aliphatic hydroxyl groups excluding tert-OH is 1. The summed E-state index contributed by atoms with van der Waals surface area (Å²) >= 11 is 0. The molecule has 2 bridgehead atoms. The van der Waals surface area contributed by atoms with Gasteiger partial charge in [0.05, 0.1) is 36.3 Å². The molecule has 0 aliphatic carbocycles. The predicted molar refractivity (Wildman–Crippen MR) is 128 cm³/mol. The Bertz CT molecular complexity index is 971. The average Bonchev–Trinajstić information content (AvgIpc) is 3.49. The first-order valence-corrected chi connectivity index (χ1v) is 12.6. The van der Waals surface area contributed by atoms with Crippen molar-refractivity contribution in [3.8, 4) is 0 Å². The summed E-state index contributed by atoms with van der Waals surface area (Å²) in [5.74, 6) is -0.711. The maximum atomic E-state index is 13.9. The van der Waals surface area contributed by atoms with Gasteiger partial charge in [0.2, 0.25) is 17.7 Å². The van der Waals surface area contributed by atoms with Crippen molar-refractivity contribution < 1.29 is 19.5 Å². The molecule has 194 valence electrons. The number of rotatable bonds is 2. The average molecular weight is 490 g/mol. The Kier molecular flexibility index (Phi) is 6.93. The number of carbonyl (C=O) groups is 3. The van der Waals surface area contributed by atoms with Crippen molar-refractivity contribution in [2.75, 3.05) is 13.1 Å². The molecule has 11 nitrogen and oxygen atoms in total. The Morgan fingerprint density at radius 3 is 2.43 bits per heavy atom. The highest BCUT2D eigenvalue weighted by atomic mass is 16.3. The smallest absolute Gasteiger partial charge is 0.243 e. The lowest BCUT2D eigenvalue weighted by molar-refractivity contribution is -0.142. The lowest BCUT2D eigenvalue weighted by Crippen LogP contribution is -2.55. The van der Waals surface area contributed by atoms with Crippen LogP contribution < -0.4 is 10.6 Å². The van der Waals surface area contributed by atoms with E-state index in [1.807, 2.05) is 20.0 Å². The summed E-state index contributed by atoms with van der Waals surface area (Å²) in [5, 5.41) is 25.0. The van der Waals surface area contributed by atoms with E-state index in [-0.39, 0.29) is 47.7 Å². The zero-order valence-corrected chi connectivity index (χ0v) is 21.6. The fourth-order valence-electron chi connectivity index (χ4n) is 5.34. The van der Waals surface area contributed by atoms with E-state index >= 15 is 0 Å². The molecule has 3 amide bonds. The third-order valence-electron chi connectivity index (χ3n) is 7.51. The van der Waals surface area contributed by atoms with Crippen LogP contribution in [0.25, 0.3) is 0 Å². The number of hydrogen-bond acceptors (Lipinski definition) is 7. The van der Waals surface area contributed by atoms with Gasteiger partial charge in [0.15, 0.2) is 0 Å². The molecule has 35 heavy (non-hydrogen) atoms. The summed E-state index contributed by atoms with van der Waals surface area (Å²) in [7, 11) is 0. The van der Waals surface area contributed by atoms with Crippen LogP contribution in [0, 0.1) is 0 Å². The number of likely N-dealkylation sites (tertiary alicyclic amines) is 1. The molecule has 4 rings (SSSR count). The van der Waals surface area contributed by atoms with Gasteiger partial charge in [-0.3, -0.25) is 19.3 Å². The Hall–Kier alpha value is -2.53. The number of hydrogen-bond donors (Lipinski definition) is 3. The highest BCUT2D eigenvalue weighted by molar-refractivity contribution is 5.91. The van der Waals surface area contributed by atoms with Crippen molar-refractivity contribution in [3.05, 3.63) is 11.9 Å². The molecule has 0 unspecified atom stereocenters. The normalized spacial score (nSPS) is 33.1. The second kappa shape index (κ2) is 9.50. The lowest BCUT2D eigenvalue weighted by atomic mass is 9.93. The van der Waals surface area contributed by atoms with Crippen LogP contribution in [0.2, 0.25) is 0 Å². The second-order valence-electron chi connectivity index (χ2n) is 11.6. The molecule has 6 atom stereocenters. The van der Waals surface area contributed by atoms with Crippen LogP contribution in [0.4, 0.5) is 0 Å². The van der Waals surface area contributed by atoms with Crippen LogP contribution in [0.3, 0.4) is 0 Å². The van der Waals surface area contributed by atoms with E-state index in [0.717, 1.165) is 5.69 Å². The topological polar surface area (TPSA) is 133 Å². The molecule has 1 aromatic heterocycles. The fourth-order valence-corrected chi connectivity index (χ4v) is 5.34. The zero-order valence-electron chi connectivity index (χ0n) is 21.6. The van der Waals surface area contributed by atoms with Crippen LogP contribution >= 0.6 is 0 Å². The summed E-state index contributed by atoms with van der Waals surface area (Å²) < 4.78 is 1.77. The molecule has 0 spiro atoms. The molecule has 3 fully saturated rings. The van der Waals surface area contributed by atoms with Crippen LogP contribution in [0.15, 0.2) is 6.20 Å². The first-order valence-electron chi connectivity index (χ1n) is 12.6. The monoisotopic (exact) mass is 489 g/mol. The van der Waals surface area contributed by atoms with Crippen molar-refractivity contribution in [2.24, 2.45) is 0 Å². The van der Waals surface area contributed by atoms with Crippen LogP contribution in [-0.4, -0.2) is 97.0 Å². The van der Waals surface area contributed by atoms with Crippen molar-refractivity contribution >= 4 is 17.7 Å². The van der Waals surface area contributed by atoms with Gasteiger partial charge >= 0.3 is 0 Å². The largest absolute Gasteiger partial charge is 0.390 e. The van der Waals surface area contributed by atoms with Gasteiger partial charge in [-0.1, -0.05) is 26.0 Å². The molecule has 3 aliphatic rings. The maximum absolute atomic E-state index is 13.9. The first-order chi connectivity index (χ1) is 16.3. The fraction of sp³-hybridized carbons (Fsp3) is 0.792. The Labute approximate surface area is 206 Å². The Morgan fingerprint density at radius 2 is 1.80 bits per heavy atom. The minimum Gasteiger partial charge on any atom is -0.390 e. The molecule has 3 saturated heterocycles. The van der Waals surface area contributed by atoms with E-state index in [0.29, 0.717) is 25.9 Å². The number of aliphatic hydroxyl groups is 1. The van der Waals surface area contributed by atoms with Crippen molar-refractivity contribution in [1.82, 2.24) is 35.4 Å². The van der Waals surface area contributed by atoms with E-state index in [1.54, 1.807) is 16.5 Å². The molecule has 0 radical (unpaired) electrons. The minimum absolute atomic E-state index is 0.0970.